The second-order valence-corrected chi connectivity index (χ2v) is 18.7. The number of carbonyl (C=O) groups is 5. The molecule has 7 rings (SSSR count). The van der Waals surface area contributed by atoms with Crippen molar-refractivity contribution in [1.82, 2.24) is 30.3 Å². The fraction of sp³-hybridized carbons (Fsp3) is 0.353. The monoisotopic (exact) mass is 913 g/mol. The third kappa shape index (κ3) is 9.91. The second kappa shape index (κ2) is 20.3. The molecule has 3 aliphatic rings. The van der Waals surface area contributed by atoms with Gasteiger partial charge in [-0.05, 0) is 99.1 Å². The zero-order valence-electron chi connectivity index (χ0n) is 37.7. The summed E-state index contributed by atoms with van der Waals surface area (Å²) < 4.78 is 2.10. The summed E-state index contributed by atoms with van der Waals surface area (Å²) in [4.78, 5) is 68.7. The van der Waals surface area contributed by atoms with Crippen LogP contribution in [0.5, 0.6) is 0 Å². The minimum absolute atomic E-state index is 0.0427. The number of nitrogens with one attached hydrogen (secondary N) is 2. The average molecular weight is 915 g/mol. The molecule has 5 amide bonds. The number of hydrogen-bond donors (Lipinski definition) is 2. The van der Waals surface area contributed by atoms with E-state index in [4.69, 9.17) is 11.6 Å². The lowest BCUT2D eigenvalue weighted by atomic mass is 9.87. The number of unbranched alkanes of at least 4 members (excludes halogenated alkanes) is 6. The number of aromatic nitrogens is 3. The van der Waals surface area contributed by atoms with Gasteiger partial charge in [0.05, 0.1) is 11.6 Å². The van der Waals surface area contributed by atoms with Crippen LogP contribution in [0.1, 0.15) is 115 Å². The number of para-hydroxylation sites is 1. The predicted molar refractivity (Wildman–Crippen MR) is 258 cm³/mol. The number of amides is 5. The van der Waals surface area contributed by atoms with E-state index in [0.717, 1.165) is 83.9 Å². The van der Waals surface area contributed by atoms with E-state index >= 15 is 0 Å². The Morgan fingerprint density at radius 1 is 1.00 bits per heavy atom. The van der Waals surface area contributed by atoms with Crippen molar-refractivity contribution in [2.24, 2.45) is 0 Å². The van der Waals surface area contributed by atoms with E-state index < -0.39 is 17.5 Å². The van der Waals surface area contributed by atoms with Crippen LogP contribution < -0.4 is 15.5 Å². The summed E-state index contributed by atoms with van der Waals surface area (Å²) in [5.74, 6) is 0.197. The van der Waals surface area contributed by atoms with Crippen molar-refractivity contribution in [2.45, 2.75) is 96.9 Å². The van der Waals surface area contributed by atoms with E-state index in [1.54, 1.807) is 49.6 Å². The van der Waals surface area contributed by atoms with Crippen LogP contribution in [-0.4, -0.2) is 69.3 Å². The Labute approximate surface area is 389 Å². The Hall–Kier alpha value is -6.18. The van der Waals surface area contributed by atoms with Crippen molar-refractivity contribution in [3.63, 3.8) is 0 Å². The van der Waals surface area contributed by atoms with E-state index in [1.165, 1.54) is 32.4 Å². The van der Waals surface area contributed by atoms with Gasteiger partial charge in [-0.3, -0.25) is 29.1 Å². The molecule has 0 radical (unpaired) electrons. The van der Waals surface area contributed by atoms with Crippen LogP contribution >= 0.6 is 22.9 Å². The largest absolute Gasteiger partial charge is 0.356 e. The number of fused-ring (bicyclic) bond motifs is 4. The van der Waals surface area contributed by atoms with Crippen molar-refractivity contribution >= 4 is 69.8 Å². The molecule has 0 saturated carbocycles. The molecule has 0 saturated heterocycles. The Balaban J connectivity index is 0.827. The maximum atomic E-state index is 13.6. The fourth-order valence-corrected chi connectivity index (χ4v) is 10.3. The normalized spacial score (nSPS) is 19.2. The van der Waals surface area contributed by atoms with Gasteiger partial charge in [-0.2, -0.15) is 0 Å². The number of thiophene rings is 1. The van der Waals surface area contributed by atoms with Crippen molar-refractivity contribution < 1.29 is 24.0 Å². The highest BCUT2D eigenvalue weighted by Gasteiger charge is 2.52. The first kappa shape index (κ1) is 46.8. The molecule has 0 fully saturated rings. The molecular weight excluding hydrogens is 858 g/mol. The summed E-state index contributed by atoms with van der Waals surface area (Å²) in [7, 11) is 1.65. The number of imide groups is 1. The second-order valence-electron chi connectivity index (χ2n) is 17.0. The molecule has 338 valence electrons. The van der Waals surface area contributed by atoms with Gasteiger partial charge in [0.15, 0.2) is 5.78 Å². The molecule has 2 aromatic heterocycles. The third-order valence-electron chi connectivity index (χ3n) is 12.6. The maximum absolute atomic E-state index is 13.6. The van der Waals surface area contributed by atoms with Crippen LogP contribution in [0, 0.1) is 20.8 Å². The van der Waals surface area contributed by atoms with Crippen LogP contribution in [0.25, 0.3) is 16.7 Å². The average Bonchev–Trinajstić information content (AvgIpc) is 3.80. The van der Waals surface area contributed by atoms with Crippen LogP contribution in [-0.2, 0) is 24.7 Å². The van der Waals surface area contributed by atoms with Gasteiger partial charge < -0.3 is 15.1 Å². The summed E-state index contributed by atoms with van der Waals surface area (Å²) in [6.45, 7) is 13.1. The third-order valence-corrected chi connectivity index (χ3v) is 14.0. The lowest BCUT2D eigenvalue weighted by Gasteiger charge is -2.35. The van der Waals surface area contributed by atoms with E-state index in [-0.39, 0.29) is 42.9 Å². The van der Waals surface area contributed by atoms with Gasteiger partial charge in [0.1, 0.15) is 22.2 Å². The first-order valence-corrected chi connectivity index (χ1v) is 23.4. The number of ketones is 1. The highest BCUT2D eigenvalue weighted by molar-refractivity contribution is 7.15. The number of hydrogen-bond acceptors (Lipinski definition) is 8. The molecule has 3 aliphatic heterocycles. The van der Waals surface area contributed by atoms with Crippen molar-refractivity contribution in [3.05, 3.63) is 140 Å². The van der Waals surface area contributed by atoms with Gasteiger partial charge in [-0.15, -0.1) is 21.5 Å². The Kier molecular flexibility index (Phi) is 14.6. The minimum atomic E-state index is -1.33. The van der Waals surface area contributed by atoms with E-state index in [9.17, 15) is 24.0 Å². The Morgan fingerprint density at radius 3 is 2.51 bits per heavy atom. The molecule has 1 unspecified atom stereocenters. The smallest absolute Gasteiger partial charge is 0.325 e. The number of allylic oxidation sites excluding steroid dienone is 5. The Bertz CT molecular complexity index is 2650. The summed E-state index contributed by atoms with van der Waals surface area (Å²) in [5, 5.41) is 16.2. The molecule has 0 spiro atoms. The fourth-order valence-electron chi connectivity index (χ4n) is 8.91. The van der Waals surface area contributed by atoms with Crippen molar-refractivity contribution in [2.75, 3.05) is 25.0 Å². The highest BCUT2D eigenvalue weighted by atomic mass is 35.5. The SMILES string of the molecule is C=C1/C=C(/c2ccc(Cl)cc2)c2c(sc(C)c2C)-n2c(C)nnc2[C@@H]1CC(=O)NCCCCCCCC/C=C/CC(=O)/C=C/c1cccc2c1N(C)C(=O)C2(C)N1CC=CC(=O)NC1=O. The number of nitrogens with zero attached hydrogens (tertiary/aromatic N) is 5. The summed E-state index contributed by atoms with van der Waals surface area (Å²) in [5.41, 5.74) is 5.78. The van der Waals surface area contributed by atoms with Crippen molar-refractivity contribution in [3.8, 4) is 5.00 Å². The maximum Gasteiger partial charge on any atom is 0.325 e. The van der Waals surface area contributed by atoms with Gasteiger partial charge in [0, 0.05) is 60.1 Å². The van der Waals surface area contributed by atoms with E-state index in [1.807, 2.05) is 43.3 Å². The molecule has 65 heavy (non-hydrogen) atoms. The number of aryl methyl sites for hydroxylation is 2. The standard InChI is InChI=1S/C51H56ClN7O5S/c1-32-30-41(36-22-25-38(52)26-23-36)45-33(2)34(3)65-48(45)59-35(4)55-56-47(59)40(32)31-44(62)53-28-15-13-11-9-7-8-10-12-14-19-39(60)27-24-37-18-16-20-42-46(37)57(6)49(63)51(42,5)58-29-17-21-43(61)54-50(58)64/h12,14,16-18,20-27,30,40H,1,7-11,13,15,19,28-29,31H2,2-6H3,(H,53,62)(H,54,61,64)/b14-12+,27-24+,41-30-/t40-,51?/m1/s1. The first-order chi connectivity index (χ1) is 31.2. The lowest BCUT2D eigenvalue weighted by Crippen LogP contribution is -2.56. The summed E-state index contributed by atoms with van der Waals surface area (Å²) >= 11 is 7.97. The van der Waals surface area contributed by atoms with Crippen LogP contribution in [0.15, 0.2) is 91.1 Å². The number of halogens is 1. The van der Waals surface area contributed by atoms with Gasteiger partial charge >= 0.3 is 6.03 Å². The number of rotatable bonds is 17. The molecule has 0 bridgehead atoms. The number of benzene rings is 2. The van der Waals surface area contributed by atoms with Crippen LogP contribution in [0.2, 0.25) is 5.02 Å². The van der Waals surface area contributed by atoms with Gasteiger partial charge in [0.25, 0.3) is 11.8 Å². The van der Waals surface area contributed by atoms with Gasteiger partial charge in [0.2, 0.25) is 5.91 Å². The van der Waals surface area contributed by atoms with Gasteiger partial charge in [-0.1, -0.05) is 98.5 Å². The molecule has 2 atom stereocenters. The number of urea groups is 1. The predicted octanol–water partition coefficient (Wildman–Crippen LogP) is 9.76. The molecular formula is C51H56ClN7O5S. The molecule has 0 aliphatic carbocycles. The van der Waals surface area contributed by atoms with E-state index in [0.29, 0.717) is 28.4 Å². The van der Waals surface area contributed by atoms with Crippen LogP contribution in [0.4, 0.5) is 10.5 Å². The minimum Gasteiger partial charge on any atom is -0.356 e. The Morgan fingerprint density at radius 2 is 1.74 bits per heavy atom. The summed E-state index contributed by atoms with van der Waals surface area (Å²) in [6.07, 6.45) is 19.7. The number of carbonyl (C=O) groups excluding carboxylic acids is 5. The van der Waals surface area contributed by atoms with E-state index in [2.05, 4.69) is 58.0 Å². The highest BCUT2D eigenvalue weighted by Crippen LogP contribution is 2.47. The summed E-state index contributed by atoms with van der Waals surface area (Å²) in [6, 6.07) is 12.6. The lowest BCUT2D eigenvalue weighted by molar-refractivity contribution is -0.127. The quantitative estimate of drug-likeness (QED) is 0.0609. The number of anilines is 1. The molecule has 5 heterocycles. The molecule has 12 nitrogen and oxygen atoms in total. The number of likely N-dealkylation sites (N-methyl/N-ethyl adjacent to an activating group) is 1. The van der Waals surface area contributed by atoms with Crippen molar-refractivity contribution in [1.29, 1.82) is 0 Å². The first-order valence-electron chi connectivity index (χ1n) is 22.2. The molecule has 2 N–H and O–H groups in total. The topological polar surface area (TPSA) is 147 Å². The molecule has 2 aromatic carbocycles. The zero-order valence-corrected chi connectivity index (χ0v) is 39.3. The van der Waals surface area contributed by atoms with Crippen LogP contribution in [0.3, 0.4) is 0 Å². The van der Waals surface area contributed by atoms with Gasteiger partial charge in [-0.25, -0.2) is 4.79 Å². The molecule has 14 heteroatoms. The molecule has 4 aromatic rings. The zero-order chi connectivity index (χ0) is 46.4.